The van der Waals surface area contributed by atoms with E-state index < -0.39 is 0 Å². The number of piperazine rings is 1. The molecule has 3 aromatic carbocycles. The molecule has 2 aromatic heterocycles. The van der Waals surface area contributed by atoms with Gasteiger partial charge in [0.25, 0.3) is 0 Å². The molecule has 0 amide bonds. The standard InChI is InChI=1S/C30H30N6O2S/c1-37-38-22-24-7-11-25(12-8-24)29-32-33-30(39-29)26-19-31-36(21-26)28-13-9-23(10-14-28)20-34-15-17-35(18-16-34)27-5-3-2-4-6-27/h2-14,19,21H,15-18,20,22H2,1H3. The number of anilines is 1. The predicted molar refractivity (Wildman–Crippen MR) is 154 cm³/mol. The zero-order valence-corrected chi connectivity index (χ0v) is 22.6. The van der Waals surface area contributed by atoms with E-state index in [1.54, 1.807) is 11.3 Å². The lowest BCUT2D eigenvalue weighted by molar-refractivity contribution is -0.282. The summed E-state index contributed by atoms with van der Waals surface area (Å²) in [7, 11) is 1.50. The van der Waals surface area contributed by atoms with Gasteiger partial charge in [0, 0.05) is 50.2 Å². The van der Waals surface area contributed by atoms with Crippen LogP contribution in [0.5, 0.6) is 0 Å². The second-order valence-electron chi connectivity index (χ2n) is 9.48. The molecule has 1 saturated heterocycles. The average molecular weight is 539 g/mol. The third kappa shape index (κ3) is 6.07. The molecular formula is C30H30N6O2S. The van der Waals surface area contributed by atoms with Crippen LogP contribution in [0.2, 0.25) is 0 Å². The van der Waals surface area contributed by atoms with E-state index in [0.29, 0.717) is 6.61 Å². The summed E-state index contributed by atoms with van der Waals surface area (Å²) in [6.45, 7) is 5.61. The molecule has 9 heteroatoms. The molecule has 0 spiro atoms. The molecule has 0 aliphatic carbocycles. The molecule has 1 fully saturated rings. The number of rotatable bonds is 9. The van der Waals surface area contributed by atoms with Gasteiger partial charge in [-0.15, -0.1) is 10.2 Å². The number of benzene rings is 3. The van der Waals surface area contributed by atoms with Crippen LogP contribution in [0, 0.1) is 0 Å². The van der Waals surface area contributed by atoms with Crippen molar-refractivity contribution >= 4 is 17.0 Å². The van der Waals surface area contributed by atoms with E-state index >= 15 is 0 Å². The Kier molecular flexibility index (Phi) is 7.73. The minimum absolute atomic E-state index is 0.407. The topological polar surface area (TPSA) is 68.5 Å². The second-order valence-corrected chi connectivity index (χ2v) is 10.5. The lowest BCUT2D eigenvalue weighted by Crippen LogP contribution is -2.45. The fourth-order valence-corrected chi connectivity index (χ4v) is 5.54. The number of nitrogens with zero attached hydrogens (tertiary/aromatic N) is 6. The van der Waals surface area contributed by atoms with E-state index in [-0.39, 0.29) is 0 Å². The molecule has 0 bridgehead atoms. The lowest BCUT2D eigenvalue weighted by atomic mass is 10.1. The highest BCUT2D eigenvalue weighted by atomic mass is 32.1. The smallest absolute Gasteiger partial charge is 0.151 e. The van der Waals surface area contributed by atoms with Crippen LogP contribution in [0.1, 0.15) is 11.1 Å². The van der Waals surface area contributed by atoms with Crippen LogP contribution in [0.4, 0.5) is 5.69 Å². The first-order valence-electron chi connectivity index (χ1n) is 13.0. The molecule has 198 valence electrons. The summed E-state index contributed by atoms with van der Waals surface area (Å²) < 4.78 is 1.89. The van der Waals surface area contributed by atoms with E-state index in [4.69, 9.17) is 4.89 Å². The van der Waals surface area contributed by atoms with Crippen molar-refractivity contribution < 1.29 is 9.78 Å². The van der Waals surface area contributed by atoms with Gasteiger partial charge in [-0.1, -0.05) is 65.9 Å². The molecule has 0 unspecified atom stereocenters. The first-order chi connectivity index (χ1) is 19.2. The van der Waals surface area contributed by atoms with E-state index in [1.807, 2.05) is 41.3 Å². The first-order valence-corrected chi connectivity index (χ1v) is 13.8. The molecule has 39 heavy (non-hydrogen) atoms. The molecule has 0 N–H and O–H groups in total. The van der Waals surface area contributed by atoms with Crippen molar-refractivity contribution in [2.45, 2.75) is 13.2 Å². The van der Waals surface area contributed by atoms with Gasteiger partial charge in [-0.25, -0.2) is 14.5 Å². The molecule has 1 aliphatic rings. The highest BCUT2D eigenvalue weighted by Crippen LogP contribution is 2.30. The quantitative estimate of drug-likeness (QED) is 0.182. The fourth-order valence-electron chi connectivity index (χ4n) is 4.72. The summed E-state index contributed by atoms with van der Waals surface area (Å²) >= 11 is 1.55. The second kappa shape index (κ2) is 11.9. The molecule has 1 aliphatic heterocycles. The highest BCUT2D eigenvalue weighted by Gasteiger charge is 2.17. The number of hydrogen-bond donors (Lipinski definition) is 0. The van der Waals surface area contributed by atoms with Crippen LogP contribution < -0.4 is 4.90 Å². The van der Waals surface area contributed by atoms with Crippen molar-refractivity contribution in [3.8, 4) is 26.8 Å². The maximum Gasteiger partial charge on any atom is 0.151 e. The van der Waals surface area contributed by atoms with Crippen molar-refractivity contribution in [2.75, 3.05) is 38.2 Å². The summed E-state index contributed by atoms with van der Waals surface area (Å²) in [6.07, 6.45) is 3.85. The molecular weight excluding hydrogens is 508 g/mol. The lowest BCUT2D eigenvalue weighted by Gasteiger charge is -2.36. The van der Waals surface area contributed by atoms with Gasteiger partial charge in [0.15, 0.2) is 5.01 Å². The molecule has 0 radical (unpaired) electrons. The monoisotopic (exact) mass is 538 g/mol. The van der Waals surface area contributed by atoms with Gasteiger partial charge >= 0.3 is 0 Å². The Morgan fingerprint density at radius 1 is 0.744 bits per heavy atom. The van der Waals surface area contributed by atoms with Crippen molar-refractivity contribution in [2.24, 2.45) is 0 Å². The Balaban J connectivity index is 1.06. The van der Waals surface area contributed by atoms with Crippen LogP contribution in [0.25, 0.3) is 26.8 Å². The Morgan fingerprint density at radius 3 is 2.15 bits per heavy atom. The van der Waals surface area contributed by atoms with Gasteiger partial charge in [-0.05, 0) is 35.4 Å². The van der Waals surface area contributed by atoms with E-state index in [0.717, 1.165) is 65.1 Å². The summed E-state index contributed by atoms with van der Waals surface area (Å²) in [5.74, 6) is 0. The van der Waals surface area contributed by atoms with Gasteiger partial charge < -0.3 is 4.90 Å². The largest absolute Gasteiger partial charge is 0.369 e. The zero-order valence-electron chi connectivity index (χ0n) is 21.8. The Morgan fingerprint density at radius 2 is 1.44 bits per heavy atom. The minimum atomic E-state index is 0.407. The third-order valence-electron chi connectivity index (χ3n) is 6.90. The zero-order chi connectivity index (χ0) is 26.4. The molecule has 6 rings (SSSR count). The van der Waals surface area contributed by atoms with Crippen molar-refractivity contribution in [1.29, 1.82) is 0 Å². The molecule has 0 saturated carbocycles. The van der Waals surface area contributed by atoms with E-state index in [9.17, 15) is 0 Å². The third-order valence-corrected chi connectivity index (χ3v) is 7.92. The summed E-state index contributed by atoms with van der Waals surface area (Å²) in [5, 5.41) is 15.1. The predicted octanol–water partition coefficient (Wildman–Crippen LogP) is 5.46. The number of hydrogen-bond acceptors (Lipinski definition) is 8. The van der Waals surface area contributed by atoms with Crippen LogP contribution in [0.15, 0.2) is 91.3 Å². The van der Waals surface area contributed by atoms with Crippen molar-refractivity contribution in [3.05, 3.63) is 102 Å². The van der Waals surface area contributed by atoms with Crippen LogP contribution in [-0.2, 0) is 22.9 Å². The summed E-state index contributed by atoms with van der Waals surface area (Å²) in [6, 6.07) is 27.4. The molecule has 3 heterocycles. The van der Waals surface area contributed by atoms with Gasteiger partial charge in [-0.3, -0.25) is 4.90 Å². The maximum atomic E-state index is 4.99. The highest BCUT2D eigenvalue weighted by molar-refractivity contribution is 7.17. The Bertz CT molecular complexity index is 1480. The Labute approximate surface area is 232 Å². The number of para-hydroxylation sites is 1. The maximum absolute atomic E-state index is 4.99. The average Bonchev–Trinajstić information content (AvgIpc) is 3.68. The van der Waals surface area contributed by atoms with Gasteiger partial charge in [0.2, 0.25) is 0 Å². The fraction of sp³-hybridized carbons (Fsp3) is 0.233. The van der Waals surface area contributed by atoms with Gasteiger partial charge in [-0.2, -0.15) is 5.10 Å². The van der Waals surface area contributed by atoms with E-state index in [1.165, 1.54) is 18.4 Å². The van der Waals surface area contributed by atoms with E-state index in [2.05, 4.69) is 84.6 Å². The Hall–Kier alpha value is -3.89. The minimum Gasteiger partial charge on any atom is -0.369 e. The molecule has 8 nitrogen and oxygen atoms in total. The molecule has 5 aromatic rings. The van der Waals surface area contributed by atoms with Gasteiger partial charge in [0.1, 0.15) is 11.6 Å². The van der Waals surface area contributed by atoms with Crippen molar-refractivity contribution in [1.82, 2.24) is 24.9 Å². The normalized spacial score (nSPS) is 14.1. The summed E-state index contributed by atoms with van der Waals surface area (Å²) in [4.78, 5) is 14.6. The van der Waals surface area contributed by atoms with Crippen LogP contribution >= 0.6 is 11.3 Å². The summed E-state index contributed by atoms with van der Waals surface area (Å²) in [5.41, 5.74) is 6.65. The first kappa shape index (κ1) is 25.4. The van der Waals surface area contributed by atoms with Crippen molar-refractivity contribution in [3.63, 3.8) is 0 Å². The van der Waals surface area contributed by atoms with Crippen LogP contribution in [-0.4, -0.2) is 58.2 Å². The van der Waals surface area contributed by atoms with Crippen LogP contribution in [0.3, 0.4) is 0 Å². The SMILES string of the molecule is COOCc1ccc(-c2nnc(-c3cnn(-c4ccc(CN5CCN(c6ccccc6)CC5)cc4)c3)s2)cc1. The van der Waals surface area contributed by atoms with Gasteiger partial charge in [0.05, 0.1) is 24.6 Å². The number of aromatic nitrogens is 4. The molecule has 0 atom stereocenters.